The second-order valence-corrected chi connectivity index (χ2v) is 6.29. The Morgan fingerprint density at radius 3 is 2.48 bits per heavy atom. The van der Waals surface area contributed by atoms with Crippen molar-refractivity contribution in [3.05, 3.63) is 77.1 Å². The molecular weight excluding hydrogens is 344 g/mol. The number of rotatable bonds is 3. The predicted octanol–water partition coefficient (Wildman–Crippen LogP) is 3.00. The van der Waals surface area contributed by atoms with E-state index in [1.165, 1.54) is 18.0 Å². The minimum Gasteiger partial charge on any atom is -0.384 e. The molecule has 4 aromatic rings. The number of benzene rings is 2. The van der Waals surface area contributed by atoms with Crippen LogP contribution in [0, 0.1) is 0 Å². The molecule has 0 atom stereocenters. The van der Waals surface area contributed by atoms with Gasteiger partial charge >= 0.3 is 0 Å². The average Bonchev–Trinajstić information content (AvgIpc) is 3.04. The largest absolute Gasteiger partial charge is 0.384 e. The van der Waals surface area contributed by atoms with E-state index >= 15 is 0 Å². The van der Waals surface area contributed by atoms with Crippen molar-refractivity contribution in [1.82, 2.24) is 9.71 Å². The van der Waals surface area contributed by atoms with Crippen molar-refractivity contribution in [1.29, 1.82) is 0 Å². The van der Waals surface area contributed by atoms with Crippen LogP contribution in [0.2, 0.25) is 0 Å². The van der Waals surface area contributed by atoms with E-state index < -0.39 is 0 Å². The summed E-state index contributed by atoms with van der Waals surface area (Å²) in [6, 6.07) is 14.6. The minimum absolute atomic E-state index is 0.0451. The molecule has 1 aliphatic rings. The molecule has 6 nitrogen and oxygen atoms in total. The maximum absolute atomic E-state index is 13.5. The van der Waals surface area contributed by atoms with Gasteiger partial charge in [-0.3, -0.25) is 14.6 Å². The minimum atomic E-state index is -0.259. The normalized spacial score (nSPS) is 13.1. The number of carbonyl (C=O) groups excluding carboxylic acids is 2. The summed E-state index contributed by atoms with van der Waals surface area (Å²) < 4.78 is 6.42. The predicted molar refractivity (Wildman–Crippen MR) is 99.0 cm³/mol. The summed E-state index contributed by atoms with van der Waals surface area (Å²) in [7, 11) is 1.50. The second-order valence-electron chi connectivity index (χ2n) is 6.29. The van der Waals surface area contributed by atoms with Crippen LogP contribution in [0.1, 0.15) is 32.0 Å². The molecule has 0 bridgehead atoms. The number of hydrogen-bond acceptors (Lipinski definition) is 5. The second kappa shape index (κ2) is 5.75. The lowest BCUT2D eigenvalue weighted by atomic mass is 9.86. The van der Waals surface area contributed by atoms with E-state index in [1.54, 1.807) is 6.07 Å². The van der Waals surface area contributed by atoms with Gasteiger partial charge in [-0.05, 0) is 12.1 Å². The summed E-state index contributed by atoms with van der Waals surface area (Å²) in [6.45, 7) is -0.0451. The van der Waals surface area contributed by atoms with Crippen LogP contribution in [0.25, 0.3) is 21.8 Å². The number of hydrogen-bond donors (Lipinski definition) is 0. The molecule has 2 heterocycles. The lowest BCUT2D eigenvalue weighted by molar-refractivity contribution is -0.0348. The maximum Gasteiger partial charge on any atom is 0.215 e. The van der Waals surface area contributed by atoms with Gasteiger partial charge in [0.2, 0.25) is 12.6 Å². The van der Waals surface area contributed by atoms with Crippen LogP contribution < -0.4 is 4.84 Å². The van der Waals surface area contributed by atoms with Crippen molar-refractivity contribution < 1.29 is 19.2 Å². The third-order valence-corrected chi connectivity index (χ3v) is 4.82. The Morgan fingerprint density at radius 2 is 1.67 bits per heavy atom. The molecule has 0 saturated carbocycles. The van der Waals surface area contributed by atoms with Gasteiger partial charge < -0.3 is 9.57 Å². The number of ether oxygens (including phenoxy) is 1. The van der Waals surface area contributed by atoms with Crippen molar-refractivity contribution in [3.8, 4) is 0 Å². The molecular formula is C21H14N2O4. The number of para-hydroxylation sites is 2. The Bertz CT molecular complexity index is 1260. The van der Waals surface area contributed by atoms with E-state index in [2.05, 4.69) is 4.98 Å². The highest BCUT2D eigenvalue weighted by Crippen LogP contribution is 2.36. The molecule has 27 heavy (non-hydrogen) atoms. The van der Waals surface area contributed by atoms with Crippen molar-refractivity contribution in [2.45, 2.75) is 0 Å². The topological polar surface area (TPSA) is 70.4 Å². The molecule has 2 aromatic heterocycles. The highest BCUT2D eigenvalue weighted by Gasteiger charge is 2.37. The Morgan fingerprint density at radius 1 is 0.926 bits per heavy atom. The maximum atomic E-state index is 13.5. The van der Waals surface area contributed by atoms with Gasteiger partial charge in [0, 0.05) is 29.6 Å². The van der Waals surface area contributed by atoms with E-state index in [9.17, 15) is 9.59 Å². The molecule has 0 radical (unpaired) electrons. The van der Waals surface area contributed by atoms with Crippen molar-refractivity contribution >= 4 is 33.4 Å². The SMILES string of the molecule is COCOn1c2c(c3ccccc31)C(=O)c1cnc3ccccc3c1C2=O. The molecule has 1 aliphatic carbocycles. The fourth-order valence-corrected chi connectivity index (χ4v) is 3.70. The fourth-order valence-electron chi connectivity index (χ4n) is 3.70. The molecule has 5 rings (SSSR count). The summed E-state index contributed by atoms with van der Waals surface area (Å²) in [6.07, 6.45) is 1.49. The summed E-state index contributed by atoms with van der Waals surface area (Å²) in [5.41, 5.74) is 2.56. The monoisotopic (exact) mass is 358 g/mol. The van der Waals surface area contributed by atoms with Crippen LogP contribution in [-0.4, -0.2) is 35.2 Å². The summed E-state index contributed by atoms with van der Waals surface area (Å²) in [4.78, 5) is 36.8. The average molecular weight is 358 g/mol. The third kappa shape index (κ3) is 2.07. The van der Waals surface area contributed by atoms with Gasteiger partial charge in [-0.15, -0.1) is 0 Å². The molecule has 0 unspecified atom stereocenters. The zero-order chi connectivity index (χ0) is 18.5. The third-order valence-electron chi connectivity index (χ3n) is 4.82. The van der Waals surface area contributed by atoms with Gasteiger partial charge in [0.05, 0.1) is 22.2 Å². The number of ketones is 2. The molecule has 0 fully saturated rings. The van der Waals surface area contributed by atoms with Crippen molar-refractivity contribution in [3.63, 3.8) is 0 Å². The van der Waals surface area contributed by atoms with Gasteiger partial charge in [0.1, 0.15) is 5.69 Å². The number of fused-ring (bicyclic) bond motifs is 6. The van der Waals surface area contributed by atoms with Gasteiger partial charge in [-0.1, -0.05) is 36.4 Å². The smallest absolute Gasteiger partial charge is 0.215 e. The number of methoxy groups -OCH3 is 1. The fraction of sp³-hybridized carbons (Fsp3) is 0.0952. The highest BCUT2D eigenvalue weighted by atomic mass is 16.8. The Kier molecular flexibility index (Phi) is 3.35. The van der Waals surface area contributed by atoms with Crippen LogP contribution in [0.3, 0.4) is 0 Å². The van der Waals surface area contributed by atoms with Crippen LogP contribution >= 0.6 is 0 Å². The molecule has 0 amide bonds. The van der Waals surface area contributed by atoms with E-state index in [4.69, 9.17) is 9.57 Å². The first-order valence-electron chi connectivity index (χ1n) is 8.45. The van der Waals surface area contributed by atoms with Crippen LogP contribution in [-0.2, 0) is 4.74 Å². The summed E-state index contributed by atoms with van der Waals surface area (Å²) >= 11 is 0. The van der Waals surface area contributed by atoms with E-state index in [0.717, 1.165) is 0 Å². The van der Waals surface area contributed by atoms with Gasteiger partial charge in [0.25, 0.3) is 0 Å². The van der Waals surface area contributed by atoms with E-state index in [1.807, 2.05) is 42.5 Å². The van der Waals surface area contributed by atoms with Crippen LogP contribution in [0.15, 0.2) is 54.7 Å². The van der Waals surface area contributed by atoms with E-state index in [-0.39, 0.29) is 24.1 Å². The first kappa shape index (κ1) is 15.7. The van der Waals surface area contributed by atoms with Gasteiger partial charge in [-0.25, -0.2) is 0 Å². The highest BCUT2D eigenvalue weighted by molar-refractivity contribution is 6.34. The van der Waals surface area contributed by atoms with Crippen molar-refractivity contribution in [2.75, 3.05) is 13.9 Å². The first-order chi connectivity index (χ1) is 13.2. The van der Waals surface area contributed by atoms with E-state index in [0.29, 0.717) is 38.5 Å². The standard InChI is InChI=1S/C21H14N2O4/c1-26-11-27-23-16-9-5-3-7-13(16)18-19(23)21(25)17-12-6-2-4-8-15(12)22-10-14(17)20(18)24/h2-10H,11H2,1H3. The first-order valence-corrected chi connectivity index (χ1v) is 8.45. The summed E-state index contributed by atoms with van der Waals surface area (Å²) in [5.74, 6) is -0.487. The van der Waals surface area contributed by atoms with Crippen LogP contribution in [0.4, 0.5) is 0 Å². The molecule has 132 valence electrons. The van der Waals surface area contributed by atoms with Gasteiger partial charge in [0.15, 0.2) is 5.78 Å². The molecule has 0 spiro atoms. The summed E-state index contributed by atoms with van der Waals surface area (Å²) in [5, 5.41) is 1.32. The van der Waals surface area contributed by atoms with Crippen LogP contribution in [0.5, 0.6) is 0 Å². The molecule has 0 N–H and O–H groups in total. The molecule has 0 aliphatic heterocycles. The molecule has 0 saturated heterocycles. The molecule has 2 aromatic carbocycles. The Labute approximate surface area is 153 Å². The zero-order valence-electron chi connectivity index (χ0n) is 14.4. The lowest BCUT2D eigenvalue weighted by Gasteiger charge is -2.18. The number of aromatic nitrogens is 2. The quantitative estimate of drug-likeness (QED) is 0.464. The lowest BCUT2D eigenvalue weighted by Crippen LogP contribution is -2.26. The molecule has 6 heteroatoms. The number of carbonyl (C=O) groups is 2. The number of nitrogens with zero attached hydrogens (tertiary/aromatic N) is 2. The zero-order valence-corrected chi connectivity index (χ0v) is 14.4. The Balaban J connectivity index is 1.87. The van der Waals surface area contributed by atoms with Crippen molar-refractivity contribution in [2.24, 2.45) is 0 Å². The van der Waals surface area contributed by atoms with Gasteiger partial charge in [-0.2, -0.15) is 4.73 Å². The Hall–Kier alpha value is -3.51. The number of pyridine rings is 1.